The number of carbonyl (C=O) groups excluding carboxylic acids is 1. The van der Waals surface area contributed by atoms with E-state index in [-0.39, 0.29) is 23.2 Å². The van der Waals surface area contributed by atoms with Crippen molar-refractivity contribution in [2.45, 2.75) is 71.6 Å². The number of carboxylic acids is 1. The largest absolute Gasteiger partial charge is 0.481 e. The molecule has 0 aromatic rings. The van der Waals surface area contributed by atoms with E-state index < -0.39 is 5.97 Å². The summed E-state index contributed by atoms with van der Waals surface area (Å²) in [6.45, 7) is 4.88. The van der Waals surface area contributed by atoms with Crippen LogP contribution in [0, 0.1) is 16.7 Å². The van der Waals surface area contributed by atoms with Crippen LogP contribution < -0.4 is 5.32 Å². The van der Waals surface area contributed by atoms with E-state index in [0.717, 1.165) is 51.4 Å². The lowest BCUT2D eigenvalue weighted by atomic mass is 9.66. The van der Waals surface area contributed by atoms with E-state index in [9.17, 15) is 9.59 Å². The van der Waals surface area contributed by atoms with Crippen LogP contribution in [-0.2, 0) is 9.59 Å². The van der Waals surface area contributed by atoms with E-state index in [2.05, 4.69) is 19.2 Å². The molecule has 0 aliphatic heterocycles. The van der Waals surface area contributed by atoms with Gasteiger partial charge >= 0.3 is 5.97 Å². The highest BCUT2D eigenvalue weighted by Crippen LogP contribution is 2.45. The molecular weight excluding hydrogens is 266 g/mol. The van der Waals surface area contributed by atoms with Gasteiger partial charge in [0.2, 0.25) is 5.91 Å². The summed E-state index contributed by atoms with van der Waals surface area (Å²) < 4.78 is 0. The summed E-state index contributed by atoms with van der Waals surface area (Å²) in [5.41, 5.74) is -0.374. The number of carboxylic acid groups (broad SMARTS) is 1. The minimum absolute atomic E-state index is 0.172. The van der Waals surface area contributed by atoms with Crippen LogP contribution in [0.3, 0.4) is 0 Å². The Hall–Kier alpha value is -1.06. The van der Waals surface area contributed by atoms with Crippen molar-refractivity contribution in [2.24, 2.45) is 16.7 Å². The van der Waals surface area contributed by atoms with Crippen molar-refractivity contribution >= 4 is 11.9 Å². The van der Waals surface area contributed by atoms with Crippen molar-refractivity contribution in [1.82, 2.24) is 5.32 Å². The Kier molecular flexibility index (Phi) is 4.95. The maximum absolute atomic E-state index is 12.7. The molecule has 1 amide bonds. The Morgan fingerprint density at radius 2 is 1.71 bits per heavy atom. The number of amides is 1. The molecule has 2 aliphatic rings. The van der Waals surface area contributed by atoms with Crippen molar-refractivity contribution < 1.29 is 14.7 Å². The first kappa shape index (κ1) is 16.3. The van der Waals surface area contributed by atoms with Gasteiger partial charge in [0.05, 0.1) is 6.42 Å². The first-order valence-electron chi connectivity index (χ1n) is 8.38. The normalized spacial score (nSPS) is 22.8. The van der Waals surface area contributed by atoms with E-state index in [4.69, 9.17) is 5.11 Å². The minimum atomic E-state index is -0.748. The first-order chi connectivity index (χ1) is 9.88. The fraction of sp³-hybridized carbons (Fsp3) is 0.882. The summed E-state index contributed by atoms with van der Waals surface area (Å²) in [6, 6.07) is 0. The zero-order valence-electron chi connectivity index (χ0n) is 13.4. The van der Waals surface area contributed by atoms with Gasteiger partial charge in [0.1, 0.15) is 0 Å². The summed E-state index contributed by atoms with van der Waals surface area (Å²) >= 11 is 0. The van der Waals surface area contributed by atoms with Crippen molar-refractivity contribution in [3.63, 3.8) is 0 Å². The molecule has 2 rings (SSSR count). The molecule has 2 aliphatic carbocycles. The number of hydrogen-bond donors (Lipinski definition) is 2. The molecule has 0 bridgehead atoms. The molecule has 4 heteroatoms. The average molecular weight is 295 g/mol. The van der Waals surface area contributed by atoms with Crippen molar-refractivity contribution in [3.8, 4) is 0 Å². The van der Waals surface area contributed by atoms with Crippen LogP contribution in [-0.4, -0.2) is 23.5 Å². The van der Waals surface area contributed by atoms with Crippen LogP contribution in [0.25, 0.3) is 0 Å². The van der Waals surface area contributed by atoms with Gasteiger partial charge in [0.25, 0.3) is 0 Å². The molecule has 4 nitrogen and oxygen atoms in total. The Morgan fingerprint density at radius 3 is 2.14 bits per heavy atom. The number of aliphatic carboxylic acids is 1. The standard InChI is InChI=1S/C17H29NO3/c1-13(2)10-17(8-3-4-9-17)15(21)18-12-16(6-5-7-16)11-14(19)20/h13H,3-12H2,1-2H3,(H,18,21)(H,19,20). The predicted octanol–water partition coefficient (Wildman–Crippen LogP) is 3.35. The van der Waals surface area contributed by atoms with Crippen LogP contribution in [0.5, 0.6) is 0 Å². The van der Waals surface area contributed by atoms with E-state index in [1.807, 2.05) is 0 Å². The molecule has 2 fully saturated rings. The van der Waals surface area contributed by atoms with Gasteiger partial charge < -0.3 is 10.4 Å². The van der Waals surface area contributed by atoms with E-state index in [1.165, 1.54) is 0 Å². The van der Waals surface area contributed by atoms with E-state index in [1.54, 1.807) is 0 Å². The van der Waals surface area contributed by atoms with Crippen molar-refractivity contribution in [3.05, 3.63) is 0 Å². The second kappa shape index (κ2) is 6.37. The quantitative estimate of drug-likeness (QED) is 0.757. The lowest BCUT2D eigenvalue weighted by Crippen LogP contribution is -2.48. The molecular formula is C17H29NO3. The lowest BCUT2D eigenvalue weighted by Gasteiger charge is -2.42. The van der Waals surface area contributed by atoms with Gasteiger partial charge in [0, 0.05) is 12.0 Å². The fourth-order valence-corrected chi connectivity index (χ4v) is 4.23. The summed E-state index contributed by atoms with van der Waals surface area (Å²) in [5, 5.41) is 12.2. The third kappa shape index (κ3) is 3.78. The number of hydrogen-bond acceptors (Lipinski definition) is 2. The second-order valence-corrected chi connectivity index (χ2v) is 7.69. The molecule has 120 valence electrons. The molecule has 0 spiro atoms. The van der Waals surface area contributed by atoms with Crippen LogP contribution in [0.15, 0.2) is 0 Å². The predicted molar refractivity (Wildman–Crippen MR) is 81.9 cm³/mol. The lowest BCUT2D eigenvalue weighted by molar-refractivity contribution is -0.142. The summed E-state index contributed by atoms with van der Waals surface area (Å²) in [6.07, 6.45) is 8.33. The SMILES string of the molecule is CC(C)CC1(C(=O)NCC2(CC(=O)O)CCC2)CCCC1. The van der Waals surface area contributed by atoms with Gasteiger partial charge in [-0.2, -0.15) is 0 Å². The Balaban J connectivity index is 1.94. The summed E-state index contributed by atoms with van der Waals surface area (Å²) in [4.78, 5) is 23.7. The van der Waals surface area contributed by atoms with Gasteiger partial charge in [-0.1, -0.05) is 33.1 Å². The molecule has 0 saturated heterocycles. The molecule has 0 unspecified atom stereocenters. The smallest absolute Gasteiger partial charge is 0.303 e. The van der Waals surface area contributed by atoms with Gasteiger partial charge in [-0.05, 0) is 43.4 Å². The van der Waals surface area contributed by atoms with Crippen LogP contribution in [0.4, 0.5) is 0 Å². The van der Waals surface area contributed by atoms with Crippen LogP contribution in [0.2, 0.25) is 0 Å². The highest BCUT2D eigenvalue weighted by Gasteiger charge is 2.44. The first-order valence-corrected chi connectivity index (χ1v) is 8.38. The number of carbonyl (C=O) groups is 2. The summed E-state index contributed by atoms with van der Waals surface area (Å²) in [7, 11) is 0. The summed E-state index contributed by atoms with van der Waals surface area (Å²) in [5.74, 6) is -0.0578. The molecule has 2 saturated carbocycles. The molecule has 2 N–H and O–H groups in total. The average Bonchev–Trinajstić information content (AvgIpc) is 2.80. The third-order valence-electron chi connectivity index (χ3n) is 5.41. The maximum Gasteiger partial charge on any atom is 0.303 e. The van der Waals surface area contributed by atoms with Gasteiger partial charge in [-0.25, -0.2) is 0 Å². The molecule has 0 heterocycles. The third-order valence-corrected chi connectivity index (χ3v) is 5.41. The second-order valence-electron chi connectivity index (χ2n) is 7.69. The Labute approximate surface area is 127 Å². The highest BCUT2D eigenvalue weighted by atomic mass is 16.4. The molecule has 0 radical (unpaired) electrons. The Bertz CT molecular complexity index is 393. The van der Waals surface area contributed by atoms with Gasteiger partial charge in [-0.15, -0.1) is 0 Å². The van der Waals surface area contributed by atoms with Crippen LogP contribution in [0.1, 0.15) is 71.6 Å². The van der Waals surface area contributed by atoms with E-state index in [0.29, 0.717) is 12.5 Å². The molecule has 0 aromatic carbocycles. The molecule has 0 atom stereocenters. The fourth-order valence-electron chi connectivity index (χ4n) is 4.23. The topological polar surface area (TPSA) is 66.4 Å². The zero-order chi connectivity index (χ0) is 15.5. The Morgan fingerprint density at radius 1 is 1.10 bits per heavy atom. The molecule has 21 heavy (non-hydrogen) atoms. The maximum atomic E-state index is 12.7. The van der Waals surface area contributed by atoms with Gasteiger partial charge in [0.15, 0.2) is 0 Å². The van der Waals surface area contributed by atoms with Crippen LogP contribution >= 0.6 is 0 Å². The minimum Gasteiger partial charge on any atom is -0.481 e. The zero-order valence-corrected chi connectivity index (χ0v) is 13.4. The highest BCUT2D eigenvalue weighted by molar-refractivity contribution is 5.83. The van der Waals surface area contributed by atoms with E-state index >= 15 is 0 Å². The van der Waals surface area contributed by atoms with Crippen molar-refractivity contribution in [2.75, 3.05) is 6.54 Å². The number of nitrogens with one attached hydrogen (secondary N) is 1. The molecule has 0 aromatic heterocycles. The monoisotopic (exact) mass is 295 g/mol. The number of rotatable bonds is 7. The van der Waals surface area contributed by atoms with Gasteiger partial charge in [-0.3, -0.25) is 9.59 Å². The van der Waals surface area contributed by atoms with Crippen molar-refractivity contribution in [1.29, 1.82) is 0 Å².